The lowest BCUT2D eigenvalue weighted by atomic mass is 10.2. The number of hydrogen-bond donors (Lipinski definition) is 2. The summed E-state index contributed by atoms with van der Waals surface area (Å²) in [5.74, 6) is -0.315. The number of sulfonamides is 1. The van der Waals surface area contributed by atoms with Gasteiger partial charge in [0.2, 0.25) is 0 Å². The van der Waals surface area contributed by atoms with Gasteiger partial charge in [0, 0.05) is 5.69 Å². The maximum absolute atomic E-state index is 13.2. The Bertz CT molecular complexity index is 1020. The van der Waals surface area contributed by atoms with Crippen molar-refractivity contribution >= 4 is 38.8 Å². The highest BCUT2D eigenvalue weighted by molar-refractivity contribution is 7.92. The Kier molecular flexibility index (Phi) is 5.11. The topological polar surface area (TPSA) is 71.1 Å². The molecule has 0 bridgehead atoms. The van der Waals surface area contributed by atoms with Crippen molar-refractivity contribution in [2.75, 3.05) is 10.0 Å². The number of hydrogen-bond acceptors (Lipinski definition) is 4. The summed E-state index contributed by atoms with van der Waals surface area (Å²) in [5, 5.41) is 3.01. The lowest BCUT2D eigenvalue weighted by molar-refractivity contribution is 0.601. The Balaban J connectivity index is 1.73. The van der Waals surface area contributed by atoms with Crippen molar-refractivity contribution in [2.24, 2.45) is 0 Å². The van der Waals surface area contributed by atoms with Gasteiger partial charge in [-0.25, -0.2) is 17.8 Å². The normalized spacial score (nSPS) is 11.2. The fourth-order valence-corrected chi connectivity index (χ4v) is 3.37. The Hall–Kier alpha value is -2.64. The van der Waals surface area contributed by atoms with Gasteiger partial charge in [0.1, 0.15) is 11.6 Å². The highest BCUT2D eigenvalue weighted by Gasteiger charge is 2.14. The van der Waals surface area contributed by atoms with Gasteiger partial charge in [0.25, 0.3) is 10.0 Å². The standard InChI is InChI=1S/C18H15ClFN3O2S/c1-12-2-6-15(7-3-12)26(24,25)23-18-9-5-14(11-21-18)22-13-4-8-17(20)16(19)10-13/h2-11,22H,1H3,(H,21,23). The van der Waals surface area contributed by atoms with Gasteiger partial charge in [0.05, 0.1) is 21.8 Å². The third-order valence-electron chi connectivity index (χ3n) is 3.54. The summed E-state index contributed by atoms with van der Waals surface area (Å²) in [4.78, 5) is 4.24. The quantitative estimate of drug-likeness (QED) is 0.659. The zero-order valence-corrected chi connectivity index (χ0v) is 15.3. The van der Waals surface area contributed by atoms with Crippen LogP contribution in [0.5, 0.6) is 0 Å². The lowest BCUT2D eigenvalue weighted by Crippen LogP contribution is -2.13. The van der Waals surface area contributed by atoms with Gasteiger partial charge in [-0.15, -0.1) is 0 Å². The fourth-order valence-electron chi connectivity index (χ4n) is 2.18. The molecule has 0 spiro atoms. The molecule has 0 atom stereocenters. The molecule has 1 heterocycles. The third-order valence-corrected chi connectivity index (χ3v) is 5.20. The average molecular weight is 392 g/mol. The van der Waals surface area contributed by atoms with Crippen molar-refractivity contribution in [3.05, 3.63) is 77.2 Å². The van der Waals surface area contributed by atoms with Crippen LogP contribution >= 0.6 is 11.6 Å². The van der Waals surface area contributed by atoms with Crippen molar-refractivity contribution in [3.8, 4) is 0 Å². The molecule has 134 valence electrons. The van der Waals surface area contributed by atoms with E-state index in [0.29, 0.717) is 11.4 Å². The first-order valence-electron chi connectivity index (χ1n) is 7.61. The summed E-state index contributed by atoms with van der Waals surface area (Å²) in [6.07, 6.45) is 1.46. The highest BCUT2D eigenvalue weighted by Crippen LogP contribution is 2.23. The van der Waals surface area contributed by atoms with Crippen LogP contribution in [0.25, 0.3) is 0 Å². The fraction of sp³-hybridized carbons (Fsp3) is 0.0556. The van der Waals surface area contributed by atoms with Crippen molar-refractivity contribution in [2.45, 2.75) is 11.8 Å². The number of benzene rings is 2. The Morgan fingerprint density at radius 3 is 2.31 bits per heavy atom. The zero-order chi connectivity index (χ0) is 18.7. The van der Waals surface area contributed by atoms with Crippen LogP contribution in [0.2, 0.25) is 5.02 Å². The second-order valence-electron chi connectivity index (χ2n) is 5.60. The first-order chi connectivity index (χ1) is 12.3. The minimum atomic E-state index is -3.70. The van der Waals surface area contributed by atoms with Crippen LogP contribution in [0.1, 0.15) is 5.56 Å². The predicted octanol–water partition coefficient (Wildman–Crippen LogP) is 4.73. The molecule has 2 N–H and O–H groups in total. The number of nitrogens with zero attached hydrogens (tertiary/aromatic N) is 1. The minimum Gasteiger partial charge on any atom is -0.354 e. The number of aryl methyl sites for hydroxylation is 1. The summed E-state index contributed by atoms with van der Waals surface area (Å²) < 4.78 is 40.3. The molecule has 0 saturated carbocycles. The van der Waals surface area contributed by atoms with Crippen molar-refractivity contribution in [1.82, 2.24) is 4.98 Å². The summed E-state index contributed by atoms with van der Waals surface area (Å²) >= 11 is 5.74. The molecular formula is C18H15ClFN3O2S. The van der Waals surface area contributed by atoms with Gasteiger partial charge in [-0.05, 0) is 49.4 Å². The zero-order valence-electron chi connectivity index (χ0n) is 13.7. The number of pyridine rings is 1. The lowest BCUT2D eigenvalue weighted by Gasteiger charge is -2.10. The van der Waals surface area contributed by atoms with E-state index < -0.39 is 15.8 Å². The summed E-state index contributed by atoms with van der Waals surface area (Å²) in [5.41, 5.74) is 2.16. The largest absolute Gasteiger partial charge is 0.354 e. The summed E-state index contributed by atoms with van der Waals surface area (Å²) in [6, 6.07) is 13.9. The van der Waals surface area contributed by atoms with Gasteiger partial charge in [-0.3, -0.25) is 4.72 Å². The van der Waals surface area contributed by atoms with E-state index in [1.807, 2.05) is 6.92 Å². The number of nitrogens with one attached hydrogen (secondary N) is 2. The number of aromatic nitrogens is 1. The molecule has 0 aliphatic carbocycles. The van der Waals surface area contributed by atoms with Crippen LogP contribution in [0, 0.1) is 12.7 Å². The van der Waals surface area contributed by atoms with Gasteiger partial charge in [-0.2, -0.15) is 0 Å². The van der Waals surface area contributed by atoms with E-state index in [1.54, 1.807) is 18.2 Å². The van der Waals surface area contributed by atoms with Gasteiger partial charge >= 0.3 is 0 Å². The Morgan fingerprint density at radius 2 is 1.69 bits per heavy atom. The SMILES string of the molecule is Cc1ccc(S(=O)(=O)Nc2ccc(Nc3ccc(F)c(Cl)c3)cn2)cc1. The van der Waals surface area contributed by atoms with Gasteiger partial charge in [0.15, 0.2) is 0 Å². The van der Waals surface area contributed by atoms with Crippen LogP contribution in [0.4, 0.5) is 21.6 Å². The van der Waals surface area contributed by atoms with Crippen molar-refractivity contribution in [3.63, 3.8) is 0 Å². The molecule has 0 unspecified atom stereocenters. The van der Waals surface area contributed by atoms with E-state index in [4.69, 9.17) is 11.6 Å². The predicted molar refractivity (Wildman–Crippen MR) is 101 cm³/mol. The number of anilines is 3. The molecule has 1 aromatic heterocycles. The van der Waals surface area contributed by atoms with Crippen LogP contribution < -0.4 is 10.0 Å². The maximum Gasteiger partial charge on any atom is 0.263 e. The van der Waals surface area contributed by atoms with E-state index in [0.717, 1.165) is 5.56 Å². The molecule has 3 aromatic rings. The second-order valence-corrected chi connectivity index (χ2v) is 7.69. The molecule has 3 rings (SSSR count). The molecular weight excluding hydrogens is 377 g/mol. The first-order valence-corrected chi connectivity index (χ1v) is 9.47. The number of rotatable bonds is 5. The molecule has 0 aliphatic heterocycles. The molecule has 26 heavy (non-hydrogen) atoms. The smallest absolute Gasteiger partial charge is 0.263 e. The maximum atomic E-state index is 13.2. The molecule has 0 amide bonds. The molecule has 0 radical (unpaired) electrons. The molecule has 8 heteroatoms. The van der Waals surface area contributed by atoms with Crippen molar-refractivity contribution in [1.29, 1.82) is 0 Å². The molecule has 0 saturated heterocycles. The Labute approximate surface area is 155 Å². The Morgan fingerprint density at radius 1 is 1.00 bits per heavy atom. The minimum absolute atomic E-state index is 0.00503. The monoisotopic (exact) mass is 391 g/mol. The molecule has 2 aromatic carbocycles. The molecule has 5 nitrogen and oxygen atoms in total. The van der Waals surface area contributed by atoms with Crippen molar-refractivity contribution < 1.29 is 12.8 Å². The average Bonchev–Trinajstić information content (AvgIpc) is 2.60. The summed E-state index contributed by atoms with van der Waals surface area (Å²) in [7, 11) is -3.70. The van der Waals surface area contributed by atoms with E-state index in [9.17, 15) is 12.8 Å². The highest BCUT2D eigenvalue weighted by atomic mass is 35.5. The first kappa shape index (κ1) is 18.2. The van der Waals surface area contributed by atoms with Crippen LogP contribution in [0.15, 0.2) is 65.7 Å². The van der Waals surface area contributed by atoms with E-state index in [2.05, 4.69) is 15.0 Å². The summed E-state index contributed by atoms with van der Waals surface area (Å²) in [6.45, 7) is 1.88. The molecule has 0 fully saturated rings. The van der Waals surface area contributed by atoms with E-state index in [1.165, 1.54) is 42.6 Å². The third kappa shape index (κ3) is 4.30. The van der Waals surface area contributed by atoms with Gasteiger partial charge in [-0.1, -0.05) is 29.3 Å². The van der Waals surface area contributed by atoms with Crippen LogP contribution in [-0.4, -0.2) is 13.4 Å². The van der Waals surface area contributed by atoms with E-state index in [-0.39, 0.29) is 15.7 Å². The second kappa shape index (κ2) is 7.31. The van der Waals surface area contributed by atoms with Crippen LogP contribution in [0.3, 0.4) is 0 Å². The van der Waals surface area contributed by atoms with Crippen LogP contribution in [-0.2, 0) is 10.0 Å². The number of halogens is 2. The van der Waals surface area contributed by atoms with Gasteiger partial charge < -0.3 is 5.32 Å². The van der Waals surface area contributed by atoms with E-state index >= 15 is 0 Å². The molecule has 0 aliphatic rings.